The molecule has 186 valence electrons. The Kier molecular flexibility index (Phi) is 9.97. The minimum atomic E-state index is 0.127. The van der Waals surface area contributed by atoms with Crippen LogP contribution in [0.5, 0.6) is 0 Å². The Morgan fingerprint density at radius 2 is 0.861 bits per heavy atom. The van der Waals surface area contributed by atoms with E-state index < -0.39 is 0 Å². The van der Waals surface area contributed by atoms with Crippen LogP contribution in [0.25, 0.3) is 0 Å². The van der Waals surface area contributed by atoms with E-state index in [1.807, 2.05) is 24.3 Å². The second-order valence-electron chi connectivity index (χ2n) is 9.00. The van der Waals surface area contributed by atoms with E-state index in [4.69, 9.17) is 23.2 Å². The largest absolute Gasteiger partial charge is 0.305 e. The van der Waals surface area contributed by atoms with Crippen molar-refractivity contribution in [3.63, 3.8) is 0 Å². The Morgan fingerprint density at radius 1 is 0.528 bits per heavy atom. The van der Waals surface area contributed by atoms with Crippen molar-refractivity contribution in [3.8, 4) is 0 Å². The molecule has 4 aromatic carbocycles. The third kappa shape index (κ3) is 7.67. The Bertz CT molecular complexity index is 1070. The average Bonchev–Trinajstić information content (AvgIpc) is 2.91. The van der Waals surface area contributed by atoms with Gasteiger partial charge in [-0.3, -0.25) is 0 Å². The van der Waals surface area contributed by atoms with Crippen LogP contribution in [-0.2, 0) is 0 Å². The molecule has 4 rings (SSSR count). The Hall–Kier alpha value is -2.66. The number of hydrogen-bond donors (Lipinski definition) is 2. The lowest BCUT2D eigenvalue weighted by molar-refractivity contribution is 0.322. The fourth-order valence-corrected chi connectivity index (χ4v) is 4.62. The fraction of sp³-hybridized carbons (Fsp3) is 0.226. The second kappa shape index (κ2) is 13.6. The molecule has 0 saturated heterocycles. The molecule has 0 fully saturated rings. The van der Waals surface area contributed by atoms with Gasteiger partial charge in [-0.25, -0.2) is 0 Å². The maximum Gasteiger partial charge on any atom is 0.0577 e. The quantitative estimate of drug-likeness (QED) is 0.212. The molecule has 2 N–H and O–H groups in total. The Labute approximate surface area is 225 Å². The van der Waals surface area contributed by atoms with E-state index in [9.17, 15) is 0 Å². The first-order valence-electron chi connectivity index (χ1n) is 12.4. The fourth-order valence-electron chi connectivity index (χ4n) is 4.37. The van der Waals surface area contributed by atoms with Crippen LogP contribution in [-0.4, -0.2) is 38.1 Å². The van der Waals surface area contributed by atoms with Crippen molar-refractivity contribution in [2.75, 3.05) is 33.2 Å². The van der Waals surface area contributed by atoms with E-state index in [0.29, 0.717) is 0 Å². The van der Waals surface area contributed by atoms with Gasteiger partial charge >= 0.3 is 0 Å². The van der Waals surface area contributed by atoms with Crippen molar-refractivity contribution in [3.05, 3.63) is 141 Å². The first-order chi connectivity index (χ1) is 17.6. The van der Waals surface area contributed by atoms with E-state index in [1.54, 1.807) is 0 Å². The lowest BCUT2D eigenvalue weighted by atomic mass is 9.98. The van der Waals surface area contributed by atoms with Crippen molar-refractivity contribution in [1.82, 2.24) is 15.5 Å². The molecule has 0 aliphatic carbocycles. The predicted octanol–water partition coefficient (Wildman–Crippen LogP) is 6.98. The molecule has 0 saturated carbocycles. The number of hydrogen-bond acceptors (Lipinski definition) is 3. The minimum absolute atomic E-state index is 0.127. The first kappa shape index (κ1) is 26.4. The van der Waals surface area contributed by atoms with Crippen LogP contribution in [0.2, 0.25) is 10.0 Å². The van der Waals surface area contributed by atoms with Gasteiger partial charge in [0.2, 0.25) is 0 Å². The number of rotatable bonds is 12. The summed E-state index contributed by atoms with van der Waals surface area (Å²) in [6.07, 6.45) is 0. The predicted molar refractivity (Wildman–Crippen MR) is 153 cm³/mol. The summed E-state index contributed by atoms with van der Waals surface area (Å²) in [5.41, 5.74) is 4.92. The summed E-state index contributed by atoms with van der Waals surface area (Å²) in [6, 6.07) is 37.6. The summed E-state index contributed by atoms with van der Waals surface area (Å²) in [4.78, 5) is 2.35. The summed E-state index contributed by atoms with van der Waals surface area (Å²) < 4.78 is 0. The van der Waals surface area contributed by atoms with Crippen molar-refractivity contribution < 1.29 is 0 Å². The second-order valence-corrected chi connectivity index (χ2v) is 9.87. The molecule has 4 aromatic rings. The topological polar surface area (TPSA) is 27.3 Å². The van der Waals surface area contributed by atoms with Crippen molar-refractivity contribution in [1.29, 1.82) is 0 Å². The molecule has 2 unspecified atom stereocenters. The van der Waals surface area contributed by atoms with Gasteiger partial charge in [-0.05, 0) is 53.6 Å². The van der Waals surface area contributed by atoms with Crippen LogP contribution < -0.4 is 10.6 Å². The number of likely N-dealkylation sites (N-methyl/N-ethyl adjacent to an activating group) is 1. The molecule has 0 amide bonds. The van der Waals surface area contributed by atoms with E-state index >= 15 is 0 Å². The summed E-state index contributed by atoms with van der Waals surface area (Å²) in [5.74, 6) is 0. The zero-order valence-electron chi connectivity index (χ0n) is 20.6. The SMILES string of the molecule is CN(CCNC(c1ccccc1)c1ccc(Cl)cc1)CCNC(c1ccccc1)c1ccc(Cl)cc1. The van der Waals surface area contributed by atoms with Crippen LogP contribution in [0.15, 0.2) is 109 Å². The van der Waals surface area contributed by atoms with Gasteiger partial charge < -0.3 is 15.5 Å². The van der Waals surface area contributed by atoms with Gasteiger partial charge in [0.15, 0.2) is 0 Å². The Morgan fingerprint density at radius 3 is 1.22 bits per heavy atom. The van der Waals surface area contributed by atoms with Crippen LogP contribution in [0.3, 0.4) is 0 Å². The van der Waals surface area contributed by atoms with Crippen molar-refractivity contribution in [2.45, 2.75) is 12.1 Å². The van der Waals surface area contributed by atoms with E-state index in [2.05, 4.69) is 108 Å². The molecule has 0 aliphatic rings. The summed E-state index contributed by atoms with van der Waals surface area (Å²) in [6.45, 7) is 3.63. The molecule has 0 spiro atoms. The number of benzene rings is 4. The van der Waals surface area contributed by atoms with Gasteiger partial charge in [0, 0.05) is 36.2 Å². The molecule has 3 nitrogen and oxygen atoms in total. The van der Waals surface area contributed by atoms with Gasteiger partial charge in [0.05, 0.1) is 12.1 Å². The highest BCUT2D eigenvalue weighted by Gasteiger charge is 2.15. The number of nitrogens with one attached hydrogen (secondary N) is 2. The molecule has 36 heavy (non-hydrogen) atoms. The maximum atomic E-state index is 6.13. The standard InChI is InChI=1S/C31H33Cl2N3/c1-36(22-20-34-30(24-8-4-2-5-9-24)26-12-16-28(32)17-13-26)23-21-35-31(25-10-6-3-7-11-25)27-14-18-29(33)19-15-27/h2-19,30-31,34-35H,20-23H2,1H3. The molecule has 0 aliphatic heterocycles. The lowest BCUT2D eigenvalue weighted by Crippen LogP contribution is -2.36. The first-order valence-corrected chi connectivity index (χ1v) is 13.1. The van der Waals surface area contributed by atoms with E-state index in [-0.39, 0.29) is 12.1 Å². The van der Waals surface area contributed by atoms with Crippen LogP contribution in [0, 0.1) is 0 Å². The van der Waals surface area contributed by atoms with E-state index in [0.717, 1.165) is 36.2 Å². The maximum absolute atomic E-state index is 6.13. The molecule has 0 radical (unpaired) electrons. The van der Waals surface area contributed by atoms with Gasteiger partial charge in [-0.15, -0.1) is 0 Å². The molecule has 0 heterocycles. The van der Waals surface area contributed by atoms with Crippen molar-refractivity contribution >= 4 is 23.2 Å². The minimum Gasteiger partial charge on any atom is -0.305 e. The third-order valence-electron chi connectivity index (χ3n) is 6.36. The average molecular weight is 519 g/mol. The zero-order chi connectivity index (χ0) is 25.2. The normalized spacial score (nSPS) is 13.0. The smallest absolute Gasteiger partial charge is 0.0577 e. The summed E-state index contributed by atoms with van der Waals surface area (Å²) in [5, 5.41) is 8.99. The summed E-state index contributed by atoms with van der Waals surface area (Å²) in [7, 11) is 2.17. The van der Waals surface area contributed by atoms with Gasteiger partial charge in [0.25, 0.3) is 0 Å². The number of halogens is 2. The highest BCUT2D eigenvalue weighted by atomic mass is 35.5. The third-order valence-corrected chi connectivity index (χ3v) is 6.86. The number of nitrogens with zero attached hydrogens (tertiary/aromatic N) is 1. The van der Waals surface area contributed by atoms with Crippen LogP contribution in [0.4, 0.5) is 0 Å². The van der Waals surface area contributed by atoms with Gasteiger partial charge in [-0.2, -0.15) is 0 Å². The Balaban J connectivity index is 1.31. The molecule has 0 bridgehead atoms. The summed E-state index contributed by atoms with van der Waals surface area (Å²) >= 11 is 12.3. The molecule has 5 heteroatoms. The zero-order valence-corrected chi connectivity index (χ0v) is 22.1. The molecule has 0 aromatic heterocycles. The van der Waals surface area contributed by atoms with Gasteiger partial charge in [0.1, 0.15) is 0 Å². The monoisotopic (exact) mass is 517 g/mol. The highest BCUT2D eigenvalue weighted by molar-refractivity contribution is 6.30. The molecular formula is C31H33Cl2N3. The molecule has 2 atom stereocenters. The van der Waals surface area contributed by atoms with Crippen LogP contribution in [0.1, 0.15) is 34.3 Å². The highest BCUT2D eigenvalue weighted by Crippen LogP contribution is 2.24. The molecular weight excluding hydrogens is 485 g/mol. The van der Waals surface area contributed by atoms with E-state index in [1.165, 1.54) is 22.3 Å². The van der Waals surface area contributed by atoms with Crippen molar-refractivity contribution in [2.24, 2.45) is 0 Å². The van der Waals surface area contributed by atoms with Gasteiger partial charge in [-0.1, -0.05) is 108 Å². The lowest BCUT2D eigenvalue weighted by Gasteiger charge is -2.24. The van der Waals surface area contributed by atoms with Crippen LogP contribution >= 0.6 is 23.2 Å².